The Morgan fingerprint density at radius 1 is 0.886 bits per heavy atom. The number of amides is 2. The molecule has 0 bridgehead atoms. The maximum absolute atomic E-state index is 13.6. The van der Waals surface area contributed by atoms with Gasteiger partial charge < -0.3 is 14.8 Å². The molecule has 0 unspecified atom stereocenters. The number of hydrogen-bond acceptors (Lipinski definition) is 6. The molecule has 0 fully saturated rings. The zero-order valence-electron chi connectivity index (χ0n) is 19.8. The summed E-state index contributed by atoms with van der Waals surface area (Å²) in [6.07, 6.45) is 0. The molecule has 8 heteroatoms. The number of imide groups is 1. The zero-order valence-corrected chi connectivity index (χ0v) is 21.4. The Bertz CT molecular complexity index is 1290. The van der Waals surface area contributed by atoms with E-state index in [0.717, 1.165) is 10.5 Å². The first-order chi connectivity index (χ1) is 16.8. The van der Waals surface area contributed by atoms with Crippen LogP contribution in [0, 0.1) is 0 Å². The summed E-state index contributed by atoms with van der Waals surface area (Å²) in [6, 6.07) is 19.8. The minimum Gasteiger partial charge on any atom is -0.497 e. The number of carbonyl (C=O) groups excluding carboxylic acids is 2. The van der Waals surface area contributed by atoms with Crippen molar-refractivity contribution in [2.45, 2.75) is 24.7 Å². The van der Waals surface area contributed by atoms with E-state index in [-0.39, 0.29) is 10.6 Å². The van der Waals surface area contributed by atoms with Crippen molar-refractivity contribution in [2.24, 2.45) is 0 Å². The van der Waals surface area contributed by atoms with E-state index < -0.39 is 11.8 Å². The minimum absolute atomic E-state index is 0.162. The van der Waals surface area contributed by atoms with E-state index in [2.05, 4.69) is 19.2 Å². The third kappa shape index (κ3) is 5.16. The summed E-state index contributed by atoms with van der Waals surface area (Å²) >= 11 is 7.23. The lowest BCUT2D eigenvalue weighted by atomic mass is 10.0. The van der Waals surface area contributed by atoms with E-state index in [1.165, 1.54) is 23.8 Å². The van der Waals surface area contributed by atoms with Gasteiger partial charge in [-0.05, 0) is 60.0 Å². The van der Waals surface area contributed by atoms with E-state index in [1.54, 1.807) is 49.6 Å². The van der Waals surface area contributed by atoms with Crippen LogP contribution in [-0.2, 0) is 9.59 Å². The predicted molar refractivity (Wildman–Crippen MR) is 141 cm³/mol. The first-order valence-corrected chi connectivity index (χ1v) is 12.2. The highest BCUT2D eigenvalue weighted by molar-refractivity contribution is 8.04. The number of anilines is 2. The second-order valence-corrected chi connectivity index (χ2v) is 9.66. The number of carbonyl (C=O) groups is 2. The molecule has 35 heavy (non-hydrogen) atoms. The van der Waals surface area contributed by atoms with Crippen LogP contribution in [0.3, 0.4) is 0 Å². The molecule has 0 spiro atoms. The van der Waals surface area contributed by atoms with Crippen LogP contribution >= 0.6 is 23.4 Å². The van der Waals surface area contributed by atoms with Crippen LogP contribution in [0.25, 0.3) is 0 Å². The quantitative estimate of drug-likeness (QED) is 0.352. The second-order valence-electron chi connectivity index (χ2n) is 8.14. The van der Waals surface area contributed by atoms with Gasteiger partial charge in [0.1, 0.15) is 22.1 Å². The summed E-state index contributed by atoms with van der Waals surface area (Å²) in [5, 5.41) is 3.73. The molecule has 0 aromatic heterocycles. The first kappa shape index (κ1) is 24.7. The van der Waals surface area contributed by atoms with Gasteiger partial charge in [-0.2, -0.15) is 0 Å². The van der Waals surface area contributed by atoms with Crippen LogP contribution in [0.15, 0.2) is 82.2 Å². The lowest BCUT2D eigenvalue weighted by Gasteiger charge is -2.17. The molecule has 1 N–H and O–H groups in total. The molecule has 0 aliphatic carbocycles. The SMILES string of the molecule is COc1ccc(OC)c(NC2=C(Sc3ccc(Cl)cc3)C(=O)N(c3ccc(C(C)C)cc3)C2=O)c1. The second kappa shape index (κ2) is 10.5. The van der Waals surface area contributed by atoms with E-state index >= 15 is 0 Å². The standard InChI is InChI=1S/C27H25ClN2O4S/c1-16(2)17-5-9-19(10-6-17)30-26(31)24(29-22-15-20(33-3)11-14-23(22)34-4)25(27(30)32)35-21-12-7-18(28)8-13-21/h5-16,29H,1-4H3. The zero-order chi connectivity index (χ0) is 25.1. The highest BCUT2D eigenvalue weighted by Crippen LogP contribution is 2.40. The van der Waals surface area contributed by atoms with Crippen molar-refractivity contribution < 1.29 is 19.1 Å². The van der Waals surface area contributed by atoms with Crippen molar-refractivity contribution in [3.8, 4) is 11.5 Å². The van der Waals surface area contributed by atoms with Gasteiger partial charge in [0, 0.05) is 16.0 Å². The topological polar surface area (TPSA) is 67.9 Å². The molecule has 3 aromatic rings. The van der Waals surface area contributed by atoms with Crippen molar-refractivity contribution in [2.75, 3.05) is 24.4 Å². The van der Waals surface area contributed by atoms with Gasteiger partial charge in [0.15, 0.2) is 0 Å². The summed E-state index contributed by atoms with van der Waals surface area (Å²) < 4.78 is 10.8. The van der Waals surface area contributed by atoms with Crippen LogP contribution < -0.4 is 19.7 Å². The largest absolute Gasteiger partial charge is 0.497 e. The summed E-state index contributed by atoms with van der Waals surface area (Å²) in [6.45, 7) is 4.18. The van der Waals surface area contributed by atoms with Gasteiger partial charge in [-0.1, -0.05) is 49.3 Å². The van der Waals surface area contributed by atoms with Crippen LogP contribution in [0.2, 0.25) is 5.02 Å². The molecule has 1 aliphatic heterocycles. The minimum atomic E-state index is -0.450. The number of ether oxygens (including phenoxy) is 2. The maximum atomic E-state index is 13.6. The summed E-state index contributed by atoms with van der Waals surface area (Å²) in [4.78, 5) is 29.5. The lowest BCUT2D eigenvalue weighted by Crippen LogP contribution is -2.32. The molecule has 0 saturated carbocycles. The maximum Gasteiger partial charge on any atom is 0.283 e. The van der Waals surface area contributed by atoms with Crippen LogP contribution in [0.4, 0.5) is 11.4 Å². The van der Waals surface area contributed by atoms with Crippen LogP contribution in [0.5, 0.6) is 11.5 Å². The van der Waals surface area contributed by atoms with E-state index in [9.17, 15) is 9.59 Å². The van der Waals surface area contributed by atoms with E-state index in [0.29, 0.717) is 33.8 Å². The third-order valence-electron chi connectivity index (χ3n) is 5.56. The Labute approximate surface area is 213 Å². The first-order valence-electron chi connectivity index (χ1n) is 11.0. The number of hydrogen-bond donors (Lipinski definition) is 1. The summed E-state index contributed by atoms with van der Waals surface area (Å²) in [5.74, 6) is 0.569. The van der Waals surface area contributed by atoms with Crippen molar-refractivity contribution in [3.05, 3.63) is 87.9 Å². The fourth-order valence-corrected chi connectivity index (χ4v) is 4.68. The Kier molecular flexibility index (Phi) is 7.38. The van der Waals surface area contributed by atoms with Crippen molar-refractivity contribution >= 4 is 46.6 Å². The molecule has 0 atom stereocenters. The third-order valence-corrected chi connectivity index (χ3v) is 6.90. The monoisotopic (exact) mass is 508 g/mol. The number of rotatable bonds is 8. The molecule has 180 valence electrons. The Morgan fingerprint density at radius 3 is 2.17 bits per heavy atom. The van der Waals surface area contributed by atoms with Crippen molar-refractivity contribution in [1.29, 1.82) is 0 Å². The number of halogens is 1. The molecule has 1 heterocycles. The van der Waals surface area contributed by atoms with Gasteiger partial charge in [-0.25, -0.2) is 4.90 Å². The van der Waals surface area contributed by atoms with Crippen LogP contribution in [0.1, 0.15) is 25.3 Å². The molecule has 1 aliphatic rings. The van der Waals surface area contributed by atoms with Crippen LogP contribution in [-0.4, -0.2) is 26.0 Å². The number of methoxy groups -OCH3 is 2. The van der Waals surface area contributed by atoms with Gasteiger partial charge in [0.05, 0.1) is 25.6 Å². The number of benzene rings is 3. The van der Waals surface area contributed by atoms with Crippen molar-refractivity contribution in [1.82, 2.24) is 0 Å². The highest BCUT2D eigenvalue weighted by atomic mass is 35.5. The fourth-order valence-electron chi connectivity index (χ4n) is 3.62. The average Bonchev–Trinajstić information content (AvgIpc) is 3.09. The molecule has 3 aromatic carbocycles. The van der Waals surface area contributed by atoms with Gasteiger partial charge in [-0.3, -0.25) is 9.59 Å². The molecule has 0 saturated heterocycles. The Morgan fingerprint density at radius 2 is 1.57 bits per heavy atom. The summed E-state index contributed by atoms with van der Waals surface area (Å²) in [7, 11) is 3.09. The number of thioether (sulfide) groups is 1. The van der Waals surface area contributed by atoms with Crippen molar-refractivity contribution in [3.63, 3.8) is 0 Å². The molecule has 4 rings (SSSR count). The molecule has 0 radical (unpaired) electrons. The smallest absolute Gasteiger partial charge is 0.283 e. The van der Waals surface area contributed by atoms with E-state index in [1.807, 2.05) is 24.3 Å². The number of nitrogens with zero attached hydrogens (tertiary/aromatic N) is 1. The molecule has 6 nitrogen and oxygen atoms in total. The molecular formula is C27H25ClN2O4S. The Balaban J connectivity index is 1.76. The molecule has 2 amide bonds. The fraction of sp³-hybridized carbons (Fsp3) is 0.185. The number of nitrogens with one attached hydrogen (secondary N) is 1. The van der Waals surface area contributed by atoms with Gasteiger partial charge in [0.25, 0.3) is 11.8 Å². The van der Waals surface area contributed by atoms with Gasteiger partial charge >= 0.3 is 0 Å². The van der Waals surface area contributed by atoms with Gasteiger partial charge in [-0.15, -0.1) is 0 Å². The lowest BCUT2D eigenvalue weighted by molar-refractivity contribution is -0.120. The molecular weight excluding hydrogens is 484 g/mol. The predicted octanol–water partition coefficient (Wildman–Crippen LogP) is 6.47. The Hall–Kier alpha value is -3.42. The van der Waals surface area contributed by atoms with Gasteiger partial charge in [0.2, 0.25) is 0 Å². The average molecular weight is 509 g/mol. The van der Waals surface area contributed by atoms with E-state index in [4.69, 9.17) is 21.1 Å². The highest BCUT2D eigenvalue weighted by Gasteiger charge is 2.40. The normalized spacial score (nSPS) is 13.6. The summed E-state index contributed by atoms with van der Waals surface area (Å²) in [5.41, 5.74) is 2.30.